The molecule has 2 rings (SSSR count). The molecule has 2 N–H and O–H groups in total. The maximum absolute atomic E-state index is 12.2. The maximum Gasteiger partial charge on any atom is 0.354 e. The fraction of sp³-hybridized carbons (Fsp3) is 0.400. The van der Waals surface area contributed by atoms with Crippen LogP contribution in [0.25, 0.3) is 0 Å². The highest BCUT2D eigenvalue weighted by molar-refractivity contribution is 9.10. The Morgan fingerprint density at radius 1 is 1.39 bits per heavy atom. The van der Waals surface area contributed by atoms with Crippen LogP contribution in [0.15, 0.2) is 27.8 Å². The smallest absolute Gasteiger partial charge is 0.354 e. The minimum Gasteiger partial charge on any atom is -0.467 e. The molecule has 1 aromatic carbocycles. The number of hydrogen-bond acceptors (Lipinski definition) is 7. The molecule has 7 nitrogen and oxygen atoms in total. The van der Waals surface area contributed by atoms with Crippen molar-refractivity contribution in [3.63, 3.8) is 0 Å². The zero-order chi connectivity index (χ0) is 17.0. The minimum absolute atomic E-state index is 0.0861. The summed E-state index contributed by atoms with van der Waals surface area (Å²) in [7, 11) is 2.56. The van der Waals surface area contributed by atoms with E-state index in [1.54, 1.807) is 0 Å². The molecule has 0 saturated carbocycles. The molecule has 1 atom stereocenters. The molecule has 1 aliphatic heterocycles. The van der Waals surface area contributed by atoms with Crippen LogP contribution in [0.1, 0.15) is 12.0 Å². The molecule has 0 radical (unpaired) electrons. The summed E-state index contributed by atoms with van der Waals surface area (Å²) in [5.74, 6) is -1.07. The number of nitrogens with zero attached hydrogens (tertiary/aromatic N) is 1. The Balaban J connectivity index is 2.15. The van der Waals surface area contributed by atoms with Crippen LogP contribution in [0.4, 0.5) is 5.69 Å². The number of methoxy groups -OCH3 is 2. The van der Waals surface area contributed by atoms with Gasteiger partial charge >= 0.3 is 11.9 Å². The van der Waals surface area contributed by atoms with Crippen LogP contribution >= 0.6 is 15.9 Å². The zero-order valence-electron chi connectivity index (χ0n) is 13.1. The first-order valence-electron chi connectivity index (χ1n) is 6.92. The predicted octanol–water partition coefficient (Wildman–Crippen LogP) is 1.60. The van der Waals surface area contributed by atoms with Gasteiger partial charge in [-0.25, -0.2) is 9.59 Å². The number of hydrogen-bond donors (Lipinski definition) is 2. The minimum atomic E-state index is -1.15. The molecule has 0 amide bonds. The Kier molecular flexibility index (Phi) is 5.25. The average molecular weight is 384 g/mol. The summed E-state index contributed by atoms with van der Waals surface area (Å²) in [6, 6.07) is 5.82. The van der Waals surface area contributed by atoms with Crippen molar-refractivity contribution in [3.05, 3.63) is 28.2 Å². The Hall–Kier alpha value is -2.09. The van der Waals surface area contributed by atoms with Crippen molar-refractivity contribution in [2.75, 3.05) is 26.1 Å². The van der Waals surface area contributed by atoms with E-state index < -0.39 is 17.5 Å². The van der Waals surface area contributed by atoms with Crippen molar-refractivity contribution < 1.29 is 19.1 Å². The molecule has 8 heteroatoms. The first-order valence-corrected chi connectivity index (χ1v) is 7.71. The van der Waals surface area contributed by atoms with Crippen molar-refractivity contribution in [3.8, 4) is 0 Å². The topological polar surface area (TPSA) is 89.0 Å². The molecule has 1 aromatic rings. The van der Waals surface area contributed by atoms with Gasteiger partial charge in [-0.3, -0.25) is 5.43 Å². The summed E-state index contributed by atoms with van der Waals surface area (Å²) in [6.07, 6.45) is 0.0861. The summed E-state index contributed by atoms with van der Waals surface area (Å²) in [5, 5.41) is 7.10. The van der Waals surface area contributed by atoms with Crippen molar-refractivity contribution >= 4 is 39.3 Å². The lowest BCUT2D eigenvalue weighted by Gasteiger charge is -2.26. The summed E-state index contributed by atoms with van der Waals surface area (Å²) in [4.78, 5) is 23.8. The Morgan fingerprint density at radius 2 is 2.13 bits per heavy atom. The van der Waals surface area contributed by atoms with Gasteiger partial charge in [-0.05, 0) is 40.5 Å². The van der Waals surface area contributed by atoms with Crippen molar-refractivity contribution in [1.82, 2.24) is 5.43 Å². The van der Waals surface area contributed by atoms with E-state index in [9.17, 15) is 9.59 Å². The highest BCUT2D eigenvalue weighted by atomic mass is 79.9. The Labute approximate surface area is 142 Å². The number of ether oxygens (including phenoxy) is 2. The largest absolute Gasteiger partial charge is 0.467 e. The average Bonchev–Trinajstić information content (AvgIpc) is 2.98. The third-order valence-corrected chi connectivity index (χ3v) is 4.23. The second-order valence-electron chi connectivity index (χ2n) is 5.25. The van der Waals surface area contributed by atoms with Gasteiger partial charge in [0.15, 0.2) is 5.54 Å². The number of nitrogens with one attached hydrogen (secondary N) is 2. The highest BCUT2D eigenvalue weighted by Crippen LogP contribution is 2.26. The van der Waals surface area contributed by atoms with Crippen LogP contribution in [-0.2, 0) is 19.1 Å². The van der Waals surface area contributed by atoms with Crippen LogP contribution in [0.2, 0.25) is 0 Å². The molecule has 0 saturated heterocycles. The number of halogens is 1. The van der Waals surface area contributed by atoms with Gasteiger partial charge in [0.05, 0.1) is 20.8 Å². The Bertz CT molecular complexity index is 662. The van der Waals surface area contributed by atoms with Gasteiger partial charge in [0.25, 0.3) is 0 Å². The standard InChI is InChI=1S/C15H18BrN3O4/c1-9-4-5-11(10(16)6-9)17-8-15(14(21)23-3)7-12(18-19-15)13(20)22-2/h4-6,17,19H,7-8H2,1-3H3. The number of hydrazone groups is 1. The number of carbonyl (C=O) groups is 2. The lowest BCUT2D eigenvalue weighted by atomic mass is 9.94. The van der Waals surface area contributed by atoms with Crippen LogP contribution in [0.3, 0.4) is 0 Å². The molecular weight excluding hydrogens is 366 g/mol. The highest BCUT2D eigenvalue weighted by Gasteiger charge is 2.46. The van der Waals surface area contributed by atoms with Gasteiger partial charge in [0.1, 0.15) is 5.71 Å². The van der Waals surface area contributed by atoms with Crippen molar-refractivity contribution in [2.45, 2.75) is 18.9 Å². The SMILES string of the molecule is COC(=O)C1=NNC(CNc2ccc(C)cc2Br)(C(=O)OC)C1. The summed E-state index contributed by atoms with van der Waals surface area (Å²) < 4.78 is 10.4. The third-order valence-electron chi connectivity index (χ3n) is 3.58. The summed E-state index contributed by atoms with van der Waals surface area (Å²) in [5.41, 5.74) is 3.66. The zero-order valence-corrected chi connectivity index (χ0v) is 14.7. The fourth-order valence-corrected chi connectivity index (χ4v) is 2.91. The van der Waals surface area contributed by atoms with Gasteiger partial charge in [0.2, 0.25) is 0 Å². The van der Waals surface area contributed by atoms with Gasteiger partial charge in [-0.1, -0.05) is 6.07 Å². The number of rotatable bonds is 5. The van der Waals surface area contributed by atoms with E-state index in [0.717, 1.165) is 15.7 Å². The molecular formula is C15H18BrN3O4. The van der Waals surface area contributed by atoms with E-state index in [0.29, 0.717) is 0 Å². The van der Waals surface area contributed by atoms with Gasteiger partial charge in [-0.2, -0.15) is 5.10 Å². The molecule has 124 valence electrons. The van der Waals surface area contributed by atoms with E-state index in [-0.39, 0.29) is 18.7 Å². The van der Waals surface area contributed by atoms with E-state index in [1.807, 2.05) is 25.1 Å². The monoisotopic (exact) mass is 383 g/mol. The lowest BCUT2D eigenvalue weighted by Crippen LogP contribution is -2.53. The molecule has 23 heavy (non-hydrogen) atoms. The molecule has 1 heterocycles. The van der Waals surface area contributed by atoms with Crippen molar-refractivity contribution in [2.24, 2.45) is 5.10 Å². The van der Waals surface area contributed by atoms with Gasteiger partial charge < -0.3 is 14.8 Å². The molecule has 0 aliphatic carbocycles. The molecule has 0 bridgehead atoms. The van der Waals surface area contributed by atoms with Crippen LogP contribution in [0, 0.1) is 6.92 Å². The fourth-order valence-electron chi connectivity index (χ4n) is 2.27. The molecule has 0 fully saturated rings. The molecule has 1 aliphatic rings. The number of benzene rings is 1. The number of esters is 2. The first kappa shape index (κ1) is 17.3. The molecule has 1 unspecified atom stereocenters. The summed E-state index contributed by atoms with van der Waals surface area (Å²) in [6.45, 7) is 2.19. The first-order chi connectivity index (χ1) is 10.9. The Morgan fingerprint density at radius 3 is 2.74 bits per heavy atom. The molecule has 0 aromatic heterocycles. The predicted molar refractivity (Wildman–Crippen MR) is 89.3 cm³/mol. The normalized spacial score (nSPS) is 19.6. The van der Waals surface area contributed by atoms with Gasteiger partial charge in [-0.15, -0.1) is 0 Å². The van der Waals surface area contributed by atoms with E-state index >= 15 is 0 Å². The quantitative estimate of drug-likeness (QED) is 0.750. The van der Waals surface area contributed by atoms with Crippen LogP contribution < -0.4 is 10.7 Å². The lowest BCUT2D eigenvalue weighted by molar-refractivity contribution is -0.147. The van der Waals surface area contributed by atoms with E-state index in [2.05, 4.69) is 36.5 Å². The maximum atomic E-state index is 12.2. The molecule has 0 spiro atoms. The number of carbonyl (C=O) groups excluding carboxylic acids is 2. The van der Waals surface area contributed by atoms with Crippen LogP contribution in [0.5, 0.6) is 0 Å². The van der Waals surface area contributed by atoms with E-state index in [1.165, 1.54) is 14.2 Å². The summed E-state index contributed by atoms with van der Waals surface area (Å²) >= 11 is 3.47. The van der Waals surface area contributed by atoms with Gasteiger partial charge in [0, 0.05) is 16.6 Å². The van der Waals surface area contributed by atoms with E-state index in [4.69, 9.17) is 4.74 Å². The van der Waals surface area contributed by atoms with Crippen molar-refractivity contribution in [1.29, 1.82) is 0 Å². The second-order valence-corrected chi connectivity index (χ2v) is 6.10. The third kappa shape index (κ3) is 3.64. The second kappa shape index (κ2) is 6.99. The number of aryl methyl sites for hydroxylation is 1. The van der Waals surface area contributed by atoms with Crippen LogP contribution in [-0.4, -0.2) is 44.0 Å². The number of anilines is 1.